The van der Waals surface area contributed by atoms with Gasteiger partial charge in [0.25, 0.3) is 0 Å². The van der Waals surface area contributed by atoms with Crippen LogP contribution in [0.15, 0.2) is 12.4 Å². The van der Waals surface area contributed by atoms with E-state index in [1.165, 1.54) is 0 Å². The van der Waals surface area contributed by atoms with E-state index >= 15 is 0 Å². The second kappa shape index (κ2) is 5.40. The molecule has 0 saturated heterocycles. The standard InChI is InChI=1S/C10H16N4/c1-3-14-8-10(7-13-14)6-12-5-9(2)4-11/h7-9,12H,3,5-6H2,1-2H3. The van der Waals surface area contributed by atoms with Gasteiger partial charge in [0.2, 0.25) is 0 Å². The lowest BCUT2D eigenvalue weighted by atomic mass is 10.2. The van der Waals surface area contributed by atoms with E-state index in [1.807, 2.05) is 24.0 Å². The van der Waals surface area contributed by atoms with Gasteiger partial charge in [-0.05, 0) is 13.8 Å². The molecule has 0 aliphatic carbocycles. The van der Waals surface area contributed by atoms with Crippen molar-refractivity contribution in [3.63, 3.8) is 0 Å². The Morgan fingerprint density at radius 2 is 2.50 bits per heavy atom. The summed E-state index contributed by atoms with van der Waals surface area (Å²) in [5.41, 5.74) is 1.16. The summed E-state index contributed by atoms with van der Waals surface area (Å²) < 4.78 is 1.89. The number of aryl methyl sites for hydroxylation is 1. The molecule has 1 aromatic heterocycles. The molecule has 0 spiro atoms. The summed E-state index contributed by atoms with van der Waals surface area (Å²) in [7, 11) is 0. The summed E-state index contributed by atoms with van der Waals surface area (Å²) in [6.45, 7) is 6.37. The van der Waals surface area contributed by atoms with E-state index in [4.69, 9.17) is 5.26 Å². The molecule has 1 rings (SSSR count). The van der Waals surface area contributed by atoms with Gasteiger partial charge in [-0.2, -0.15) is 10.4 Å². The Bertz CT molecular complexity index is 310. The number of nitrogens with one attached hydrogen (secondary N) is 1. The molecule has 4 heteroatoms. The Morgan fingerprint density at radius 1 is 1.71 bits per heavy atom. The average Bonchev–Trinajstić information content (AvgIpc) is 2.65. The van der Waals surface area contributed by atoms with Crippen molar-refractivity contribution in [3.8, 4) is 6.07 Å². The van der Waals surface area contributed by atoms with Crippen LogP contribution in [0.5, 0.6) is 0 Å². The number of rotatable bonds is 5. The van der Waals surface area contributed by atoms with Crippen LogP contribution in [0.25, 0.3) is 0 Å². The van der Waals surface area contributed by atoms with Crippen LogP contribution in [0.4, 0.5) is 0 Å². The molecule has 14 heavy (non-hydrogen) atoms. The maximum atomic E-state index is 8.57. The highest BCUT2D eigenvalue weighted by atomic mass is 15.3. The quantitative estimate of drug-likeness (QED) is 0.761. The SMILES string of the molecule is CCn1cc(CNCC(C)C#N)cn1. The summed E-state index contributed by atoms with van der Waals surface area (Å²) in [5.74, 6) is 0.0659. The van der Waals surface area contributed by atoms with Crippen LogP contribution in [0.3, 0.4) is 0 Å². The first-order valence-electron chi connectivity index (χ1n) is 4.88. The van der Waals surface area contributed by atoms with E-state index < -0.39 is 0 Å². The van der Waals surface area contributed by atoms with Gasteiger partial charge >= 0.3 is 0 Å². The minimum absolute atomic E-state index is 0.0659. The van der Waals surface area contributed by atoms with Gasteiger partial charge in [-0.25, -0.2) is 0 Å². The van der Waals surface area contributed by atoms with E-state index in [-0.39, 0.29) is 5.92 Å². The lowest BCUT2D eigenvalue weighted by Gasteiger charge is -2.03. The van der Waals surface area contributed by atoms with Crippen LogP contribution in [0, 0.1) is 17.2 Å². The summed E-state index contributed by atoms with van der Waals surface area (Å²) in [6, 6.07) is 2.18. The van der Waals surface area contributed by atoms with Gasteiger partial charge in [-0.3, -0.25) is 4.68 Å². The molecule has 1 atom stereocenters. The summed E-state index contributed by atoms with van der Waals surface area (Å²) in [5, 5.41) is 15.9. The number of nitriles is 1. The predicted octanol–water partition coefficient (Wildman–Crippen LogP) is 1.15. The third-order valence-electron chi connectivity index (χ3n) is 2.01. The molecule has 1 unspecified atom stereocenters. The van der Waals surface area contributed by atoms with Crippen molar-refractivity contribution in [2.24, 2.45) is 5.92 Å². The molecule has 0 fully saturated rings. The zero-order chi connectivity index (χ0) is 10.4. The summed E-state index contributed by atoms with van der Waals surface area (Å²) in [6.07, 6.45) is 3.87. The van der Waals surface area contributed by atoms with E-state index in [0.29, 0.717) is 0 Å². The second-order valence-electron chi connectivity index (χ2n) is 3.37. The van der Waals surface area contributed by atoms with Crippen LogP contribution in [0.1, 0.15) is 19.4 Å². The molecule has 76 valence electrons. The van der Waals surface area contributed by atoms with Gasteiger partial charge in [0.05, 0.1) is 18.2 Å². The first kappa shape index (κ1) is 10.7. The lowest BCUT2D eigenvalue weighted by molar-refractivity contribution is 0.600. The van der Waals surface area contributed by atoms with Crippen molar-refractivity contribution in [2.75, 3.05) is 6.54 Å². The van der Waals surface area contributed by atoms with Crippen molar-refractivity contribution in [1.82, 2.24) is 15.1 Å². The monoisotopic (exact) mass is 192 g/mol. The van der Waals surface area contributed by atoms with Crippen LogP contribution < -0.4 is 5.32 Å². The van der Waals surface area contributed by atoms with Gasteiger partial charge in [-0.15, -0.1) is 0 Å². The normalized spacial score (nSPS) is 12.4. The summed E-state index contributed by atoms with van der Waals surface area (Å²) >= 11 is 0. The molecule has 0 saturated carbocycles. The third kappa shape index (κ3) is 3.19. The van der Waals surface area contributed by atoms with Gasteiger partial charge in [0.15, 0.2) is 0 Å². The molecule has 0 aliphatic heterocycles. The third-order valence-corrected chi connectivity index (χ3v) is 2.01. The maximum absolute atomic E-state index is 8.57. The fourth-order valence-electron chi connectivity index (χ4n) is 1.15. The zero-order valence-corrected chi connectivity index (χ0v) is 8.70. The Labute approximate surface area is 84.5 Å². The molecule has 0 aliphatic rings. The second-order valence-corrected chi connectivity index (χ2v) is 3.37. The Kier molecular flexibility index (Phi) is 4.14. The number of hydrogen-bond donors (Lipinski definition) is 1. The molecular formula is C10H16N4. The van der Waals surface area contributed by atoms with Crippen LogP contribution >= 0.6 is 0 Å². The van der Waals surface area contributed by atoms with Crippen molar-refractivity contribution in [2.45, 2.75) is 26.9 Å². The smallest absolute Gasteiger partial charge is 0.0666 e. The zero-order valence-electron chi connectivity index (χ0n) is 8.70. The fraction of sp³-hybridized carbons (Fsp3) is 0.600. The molecule has 0 radical (unpaired) electrons. The number of aromatic nitrogens is 2. The first-order chi connectivity index (χ1) is 6.76. The topological polar surface area (TPSA) is 53.6 Å². The molecule has 0 aromatic carbocycles. The molecule has 1 aromatic rings. The maximum Gasteiger partial charge on any atom is 0.0666 e. The highest BCUT2D eigenvalue weighted by Crippen LogP contribution is 1.97. The van der Waals surface area contributed by atoms with Crippen LogP contribution in [-0.4, -0.2) is 16.3 Å². The van der Waals surface area contributed by atoms with E-state index in [1.54, 1.807) is 0 Å². The first-order valence-corrected chi connectivity index (χ1v) is 4.88. The van der Waals surface area contributed by atoms with Gasteiger partial charge in [0.1, 0.15) is 0 Å². The molecule has 1 N–H and O–H groups in total. The average molecular weight is 192 g/mol. The Balaban J connectivity index is 2.28. The van der Waals surface area contributed by atoms with Gasteiger partial charge in [-0.1, -0.05) is 0 Å². The van der Waals surface area contributed by atoms with Crippen molar-refractivity contribution in [1.29, 1.82) is 5.26 Å². The highest BCUT2D eigenvalue weighted by molar-refractivity contribution is 5.03. The minimum atomic E-state index is 0.0659. The minimum Gasteiger partial charge on any atom is -0.311 e. The lowest BCUT2D eigenvalue weighted by Crippen LogP contribution is -2.19. The van der Waals surface area contributed by atoms with Crippen molar-refractivity contribution < 1.29 is 0 Å². The van der Waals surface area contributed by atoms with Crippen molar-refractivity contribution in [3.05, 3.63) is 18.0 Å². The van der Waals surface area contributed by atoms with E-state index in [9.17, 15) is 0 Å². The molecule has 0 amide bonds. The van der Waals surface area contributed by atoms with Gasteiger partial charge in [0, 0.05) is 31.4 Å². The summed E-state index contributed by atoms with van der Waals surface area (Å²) in [4.78, 5) is 0. The number of nitrogens with zero attached hydrogens (tertiary/aromatic N) is 3. The van der Waals surface area contributed by atoms with Crippen molar-refractivity contribution >= 4 is 0 Å². The molecule has 0 bridgehead atoms. The predicted molar refractivity (Wildman–Crippen MR) is 54.4 cm³/mol. The Hall–Kier alpha value is -1.34. The largest absolute Gasteiger partial charge is 0.311 e. The molecule has 4 nitrogen and oxygen atoms in total. The fourth-order valence-corrected chi connectivity index (χ4v) is 1.15. The number of hydrogen-bond acceptors (Lipinski definition) is 3. The Morgan fingerprint density at radius 3 is 3.07 bits per heavy atom. The van der Waals surface area contributed by atoms with Crippen LogP contribution in [-0.2, 0) is 13.1 Å². The highest BCUT2D eigenvalue weighted by Gasteiger charge is 2.00. The van der Waals surface area contributed by atoms with E-state index in [2.05, 4.69) is 23.4 Å². The van der Waals surface area contributed by atoms with Gasteiger partial charge < -0.3 is 5.32 Å². The molecule has 1 heterocycles. The molecular weight excluding hydrogens is 176 g/mol. The van der Waals surface area contributed by atoms with Crippen LogP contribution in [0.2, 0.25) is 0 Å². The van der Waals surface area contributed by atoms with E-state index in [0.717, 1.165) is 25.2 Å².